The van der Waals surface area contributed by atoms with Crippen LogP contribution in [0.15, 0.2) is 0 Å². The van der Waals surface area contributed by atoms with Crippen LogP contribution in [0.25, 0.3) is 0 Å². The summed E-state index contributed by atoms with van der Waals surface area (Å²) in [5.74, 6) is 2.58. The highest BCUT2D eigenvalue weighted by Gasteiger charge is 2.36. The van der Waals surface area contributed by atoms with Crippen LogP contribution >= 0.6 is 0 Å². The van der Waals surface area contributed by atoms with Gasteiger partial charge in [-0.25, -0.2) is 0 Å². The molecule has 22 heavy (non-hydrogen) atoms. The molecule has 2 heterocycles. The predicted molar refractivity (Wildman–Crippen MR) is 83.0 cm³/mol. The van der Waals surface area contributed by atoms with Gasteiger partial charge in [-0.15, -0.1) is 10.2 Å². The Bertz CT molecular complexity index is 538. The zero-order valence-corrected chi connectivity index (χ0v) is 13.2. The van der Waals surface area contributed by atoms with E-state index in [9.17, 15) is 4.79 Å². The topological polar surface area (TPSA) is 103 Å². The van der Waals surface area contributed by atoms with Crippen molar-refractivity contribution < 1.29 is 4.79 Å². The van der Waals surface area contributed by atoms with Gasteiger partial charge in [0.15, 0.2) is 5.82 Å². The number of carbonyl (C=O) groups is 1. The summed E-state index contributed by atoms with van der Waals surface area (Å²) in [6.45, 7) is 3.98. The van der Waals surface area contributed by atoms with Gasteiger partial charge in [0.2, 0.25) is 5.91 Å². The van der Waals surface area contributed by atoms with E-state index in [0.29, 0.717) is 32.0 Å². The lowest BCUT2D eigenvalue weighted by Crippen LogP contribution is -2.48. The highest BCUT2D eigenvalue weighted by Crippen LogP contribution is 2.41. The summed E-state index contributed by atoms with van der Waals surface area (Å²) >= 11 is 0. The first kappa shape index (κ1) is 15.4. The summed E-state index contributed by atoms with van der Waals surface area (Å²) in [5, 5.41) is 8.64. The third-order valence-electron chi connectivity index (χ3n) is 4.59. The van der Waals surface area contributed by atoms with Crippen LogP contribution in [0.4, 0.5) is 0 Å². The first-order valence-electron chi connectivity index (χ1n) is 8.30. The van der Waals surface area contributed by atoms with Crippen molar-refractivity contribution >= 4 is 5.91 Å². The Balaban J connectivity index is 1.65. The van der Waals surface area contributed by atoms with Gasteiger partial charge in [-0.1, -0.05) is 6.42 Å². The van der Waals surface area contributed by atoms with Crippen molar-refractivity contribution in [3.8, 4) is 0 Å². The standard InChI is InChI=1S/C15H26N6O/c1-10-8-20(15(22)12(17)4-2-3-7-16)9-13-18-19-14(21(10)13)11-5-6-11/h10-12H,2-9,16-17H2,1H3/t10-,12-/m0/s1. The van der Waals surface area contributed by atoms with E-state index in [1.807, 2.05) is 4.90 Å². The fraction of sp³-hybridized carbons (Fsp3) is 0.800. The van der Waals surface area contributed by atoms with Crippen LogP contribution in [-0.2, 0) is 11.3 Å². The molecule has 0 aromatic carbocycles. The van der Waals surface area contributed by atoms with Gasteiger partial charge in [0, 0.05) is 12.5 Å². The van der Waals surface area contributed by atoms with Gasteiger partial charge in [-0.2, -0.15) is 0 Å². The highest BCUT2D eigenvalue weighted by molar-refractivity contribution is 5.81. The number of carbonyl (C=O) groups excluding carboxylic acids is 1. The summed E-state index contributed by atoms with van der Waals surface area (Å²) in [5.41, 5.74) is 11.5. The van der Waals surface area contributed by atoms with Gasteiger partial charge in [0.1, 0.15) is 5.82 Å². The molecule has 1 saturated carbocycles. The van der Waals surface area contributed by atoms with Gasteiger partial charge >= 0.3 is 0 Å². The molecule has 1 fully saturated rings. The molecule has 0 bridgehead atoms. The largest absolute Gasteiger partial charge is 0.332 e. The van der Waals surface area contributed by atoms with Crippen molar-refractivity contribution in [2.45, 2.75) is 63.6 Å². The maximum Gasteiger partial charge on any atom is 0.239 e. The van der Waals surface area contributed by atoms with Gasteiger partial charge in [0.05, 0.1) is 18.6 Å². The molecule has 0 radical (unpaired) electrons. The van der Waals surface area contributed by atoms with Crippen LogP contribution in [0.1, 0.15) is 62.6 Å². The number of amides is 1. The van der Waals surface area contributed by atoms with Gasteiger partial charge in [0.25, 0.3) is 0 Å². The van der Waals surface area contributed by atoms with E-state index in [4.69, 9.17) is 11.5 Å². The summed E-state index contributed by atoms with van der Waals surface area (Å²) in [4.78, 5) is 14.3. The molecule has 2 atom stereocenters. The lowest BCUT2D eigenvalue weighted by atomic mass is 10.1. The molecule has 4 N–H and O–H groups in total. The minimum atomic E-state index is -0.434. The predicted octanol–water partition coefficient (Wildman–Crippen LogP) is 0.515. The molecule has 0 spiro atoms. The first-order valence-corrected chi connectivity index (χ1v) is 8.30. The van der Waals surface area contributed by atoms with E-state index >= 15 is 0 Å². The Hall–Kier alpha value is -1.47. The maximum atomic E-state index is 12.5. The second-order valence-corrected chi connectivity index (χ2v) is 6.58. The molecule has 1 aromatic heterocycles. The average molecular weight is 306 g/mol. The van der Waals surface area contributed by atoms with E-state index in [2.05, 4.69) is 21.7 Å². The Morgan fingerprint density at radius 1 is 1.36 bits per heavy atom. The molecule has 122 valence electrons. The van der Waals surface area contributed by atoms with Crippen molar-refractivity contribution in [1.29, 1.82) is 0 Å². The number of hydrogen-bond donors (Lipinski definition) is 2. The second-order valence-electron chi connectivity index (χ2n) is 6.58. The number of hydrogen-bond acceptors (Lipinski definition) is 5. The molecule has 1 aromatic rings. The SMILES string of the molecule is C[C@H]1CN(C(=O)[C@@H](N)CCCCN)Cc2nnc(C3CC3)n21. The van der Waals surface area contributed by atoms with Crippen LogP contribution in [0.5, 0.6) is 0 Å². The van der Waals surface area contributed by atoms with E-state index in [1.165, 1.54) is 12.8 Å². The molecule has 2 aliphatic rings. The average Bonchev–Trinajstić information content (AvgIpc) is 3.26. The van der Waals surface area contributed by atoms with Crippen molar-refractivity contribution in [3.63, 3.8) is 0 Å². The van der Waals surface area contributed by atoms with Crippen LogP contribution in [0.3, 0.4) is 0 Å². The number of unbranched alkanes of at least 4 members (excludes halogenated alkanes) is 1. The van der Waals surface area contributed by atoms with E-state index in [-0.39, 0.29) is 11.9 Å². The lowest BCUT2D eigenvalue weighted by molar-refractivity contribution is -0.134. The summed E-state index contributed by atoms with van der Waals surface area (Å²) in [7, 11) is 0. The second kappa shape index (κ2) is 6.34. The molecule has 0 saturated heterocycles. The van der Waals surface area contributed by atoms with Gasteiger partial charge in [-0.05, 0) is 39.2 Å². The van der Waals surface area contributed by atoms with Crippen LogP contribution < -0.4 is 11.5 Å². The smallest absolute Gasteiger partial charge is 0.239 e. The minimum absolute atomic E-state index is 0.0195. The van der Waals surface area contributed by atoms with Crippen molar-refractivity contribution in [2.24, 2.45) is 11.5 Å². The van der Waals surface area contributed by atoms with Crippen molar-refractivity contribution in [2.75, 3.05) is 13.1 Å². The first-order chi connectivity index (χ1) is 10.6. The monoisotopic (exact) mass is 306 g/mol. The molecule has 7 heteroatoms. The Labute approximate surface area is 131 Å². The molecule has 1 aliphatic heterocycles. The molecule has 3 rings (SSSR count). The normalized spacial score (nSPS) is 22.5. The third kappa shape index (κ3) is 3.01. The number of rotatable bonds is 6. The molecule has 1 amide bonds. The van der Waals surface area contributed by atoms with Crippen LogP contribution in [-0.4, -0.2) is 44.7 Å². The fourth-order valence-corrected chi connectivity index (χ4v) is 3.22. The molecule has 7 nitrogen and oxygen atoms in total. The quantitative estimate of drug-likeness (QED) is 0.746. The van der Waals surface area contributed by atoms with E-state index < -0.39 is 6.04 Å². The number of fused-ring (bicyclic) bond motifs is 1. The lowest BCUT2D eigenvalue weighted by Gasteiger charge is -2.34. The van der Waals surface area contributed by atoms with Gasteiger partial charge in [-0.3, -0.25) is 4.79 Å². The molecule has 0 unspecified atom stereocenters. The Morgan fingerprint density at radius 3 is 2.82 bits per heavy atom. The van der Waals surface area contributed by atoms with E-state index in [0.717, 1.165) is 24.5 Å². The maximum absolute atomic E-state index is 12.5. The minimum Gasteiger partial charge on any atom is -0.332 e. The van der Waals surface area contributed by atoms with Crippen LogP contribution in [0.2, 0.25) is 0 Å². The summed E-state index contributed by atoms with van der Waals surface area (Å²) in [6.07, 6.45) is 4.92. The molecular weight excluding hydrogens is 280 g/mol. The van der Waals surface area contributed by atoms with Crippen LogP contribution in [0, 0.1) is 0 Å². The molecular formula is C15H26N6O. The zero-order chi connectivity index (χ0) is 15.7. The van der Waals surface area contributed by atoms with Gasteiger partial charge < -0.3 is 20.9 Å². The van der Waals surface area contributed by atoms with E-state index in [1.54, 1.807) is 0 Å². The Morgan fingerprint density at radius 2 is 2.14 bits per heavy atom. The summed E-state index contributed by atoms with van der Waals surface area (Å²) < 4.78 is 2.22. The number of aromatic nitrogens is 3. The summed E-state index contributed by atoms with van der Waals surface area (Å²) in [6, 6.07) is -0.217. The molecule has 1 aliphatic carbocycles. The third-order valence-corrected chi connectivity index (χ3v) is 4.59. The number of nitrogens with zero attached hydrogens (tertiary/aromatic N) is 4. The Kier molecular flexibility index (Phi) is 4.44. The van der Waals surface area contributed by atoms with Crippen molar-refractivity contribution in [1.82, 2.24) is 19.7 Å². The van der Waals surface area contributed by atoms with Crippen molar-refractivity contribution in [3.05, 3.63) is 11.6 Å². The fourth-order valence-electron chi connectivity index (χ4n) is 3.22. The zero-order valence-electron chi connectivity index (χ0n) is 13.2. The highest BCUT2D eigenvalue weighted by atomic mass is 16.2. The number of nitrogens with two attached hydrogens (primary N) is 2.